The first-order valence-corrected chi connectivity index (χ1v) is 7.76. The molecule has 0 fully saturated rings. The highest BCUT2D eigenvalue weighted by molar-refractivity contribution is 9.10. The predicted molar refractivity (Wildman–Crippen MR) is 91.8 cm³/mol. The fourth-order valence-electron chi connectivity index (χ4n) is 2.14. The van der Waals surface area contributed by atoms with E-state index in [1.165, 1.54) is 5.56 Å². The summed E-state index contributed by atoms with van der Waals surface area (Å²) in [5, 5.41) is 3.19. The Morgan fingerprint density at radius 1 is 1.19 bits per heavy atom. The van der Waals surface area contributed by atoms with Crippen molar-refractivity contribution in [2.45, 2.75) is 13.8 Å². The van der Waals surface area contributed by atoms with Crippen LogP contribution < -0.4 is 10.2 Å². The summed E-state index contributed by atoms with van der Waals surface area (Å²) in [6, 6.07) is 15.7. The van der Waals surface area contributed by atoms with E-state index in [-0.39, 0.29) is 12.5 Å². The van der Waals surface area contributed by atoms with E-state index in [2.05, 4.69) is 21.2 Å². The Hall–Kier alpha value is -1.81. The monoisotopic (exact) mass is 346 g/mol. The van der Waals surface area contributed by atoms with Gasteiger partial charge in [0.1, 0.15) is 0 Å². The molecule has 0 heterocycles. The molecule has 0 radical (unpaired) electrons. The van der Waals surface area contributed by atoms with Crippen molar-refractivity contribution < 1.29 is 4.79 Å². The molecule has 1 amide bonds. The predicted octanol–water partition coefficient (Wildman–Crippen LogP) is 4.22. The van der Waals surface area contributed by atoms with Crippen molar-refractivity contribution in [2.75, 3.05) is 23.3 Å². The minimum absolute atomic E-state index is 0.0520. The van der Waals surface area contributed by atoms with Crippen LogP contribution in [0.25, 0.3) is 0 Å². The van der Waals surface area contributed by atoms with Crippen molar-refractivity contribution >= 4 is 33.2 Å². The van der Waals surface area contributed by atoms with Gasteiger partial charge in [-0.05, 0) is 59.6 Å². The standard InChI is InChI=1S/C17H19BrN2O/c1-3-20(14-7-5-4-6-8-14)17(21)12-19-16-10-9-13(2)11-15(16)18/h4-11,19H,3,12H2,1-2H3. The Balaban J connectivity index is 2.03. The normalized spacial score (nSPS) is 10.2. The SMILES string of the molecule is CCN(C(=O)CNc1ccc(C)cc1Br)c1ccccc1. The van der Waals surface area contributed by atoms with Crippen molar-refractivity contribution in [3.63, 3.8) is 0 Å². The molecule has 0 aliphatic rings. The number of anilines is 2. The molecule has 0 spiro atoms. The van der Waals surface area contributed by atoms with Gasteiger partial charge >= 0.3 is 0 Å². The van der Waals surface area contributed by atoms with E-state index < -0.39 is 0 Å². The van der Waals surface area contributed by atoms with Crippen LogP contribution in [0.5, 0.6) is 0 Å². The van der Waals surface area contributed by atoms with Gasteiger partial charge in [0.05, 0.1) is 6.54 Å². The molecule has 4 heteroatoms. The third kappa shape index (κ3) is 4.08. The van der Waals surface area contributed by atoms with Crippen LogP contribution in [0.3, 0.4) is 0 Å². The van der Waals surface area contributed by atoms with Gasteiger partial charge in [0.25, 0.3) is 0 Å². The number of rotatable bonds is 5. The highest BCUT2D eigenvalue weighted by Gasteiger charge is 2.13. The molecule has 0 saturated carbocycles. The zero-order valence-corrected chi connectivity index (χ0v) is 13.9. The van der Waals surface area contributed by atoms with E-state index >= 15 is 0 Å². The number of aryl methyl sites for hydroxylation is 1. The molecule has 2 aromatic carbocycles. The van der Waals surface area contributed by atoms with Crippen LogP contribution in [-0.2, 0) is 4.79 Å². The second kappa shape index (κ2) is 7.27. The zero-order valence-electron chi connectivity index (χ0n) is 12.3. The molecule has 0 aliphatic heterocycles. The van der Waals surface area contributed by atoms with Gasteiger partial charge in [-0.1, -0.05) is 24.3 Å². The smallest absolute Gasteiger partial charge is 0.246 e. The van der Waals surface area contributed by atoms with E-state index in [0.717, 1.165) is 15.8 Å². The van der Waals surface area contributed by atoms with Gasteiger partial charge in [0, 0.05) is 22.4 Å². The van der Waals surface area contributed by atoms with Crippen molar-refractivity contribution in [1.29, 1.82) is 0 Å². The summed E-state index contributed by atoms with van der Waals surface area (Å²) in [6.45, 7) is 4.94. The molecular formula is C17H19BrN2O. The molecule has 0 saturated heterocycles. The maximum atomic E-state index is 12.4. The van der Waals surface area contributed by atoms with Crippen LogP contribution >= 0.6 is 15.9 Å². The van der Waals surface area contributed by atoms with E-state index in [4.69, 9.17) is 0 Å². The average molecular weight is 347 g/mol. The Labute approximate surface area is 134 Å². The number of nitrogens with one attached hydrogen (secondary N) is 1. The highest BCUT2D eigenvalue weighted by atomic mass is 79.9. The number of likely N-dealkylation sites (N-methyl/N-ethyl adjacent to an activating group) is 1. The average Bonchev–Trinajstić information content (AvgIpc) is 2.48. The van der Waals surface area contributed by atoms with Crippen LogP contribution in [0.1, 0.15) is 12.5 Å². The minimum atomic E-state index is 0.0520. The van der Waals surface area contributed by atoms with Gasteiger partial charge in [-0.25, -0.2) is 0 Å². The van der Waals surface area contributed by atoms with E-state index in [1.54, 1.807) is 4.90 Å². The maximum absolute atomic E-state index is 12.4. The molecule has 0 aliphatic carbocycles. The van der Waals surface area contributed by atoms with Crippen molar-refractivity contribution in [3.05, 3.63) is 58.6 Å². The summed E-state index contributed by atoms with van der Waals surface area (Å²) in [5.74, 6) is 0.0520. The molecule has 1 N–H and O–H groups in total. The second-order valence-electron chi connectivity index (χ2n) is 4.81. The zero-order chi connectivity index (χ0) is 15.2. The third-order valence-electron chi connectivity index (χ3n) is 3.24. The van der Waals surface area contributed by atoms with E-state index in [0.29, 0.717) is 6.54 Å². The van der Waals surface area contributed by atoms with Crippen molar-refractivity contribution in [2.24, 2.45) is 0 Å². The number of hydrogen-bond acceptors (Lipinski definition) is 2. The number of hydrogen-bond donors (Lipinski definition) is 1. The maximum Gasteiger partial charge on any atom is 0.246 e. The Bertz CT molecular complexity index is 613. The van der Waals surface area contributed by atoms with Gasteiger partial charge in [-0.2, -0.15) is 0 Å². The van der Waals surface area contributed by atoms with Crippen molar-refractivity contribution in [3.8, 4) is 0 Å². The fourth-order valence-corrected chi connectivity index (χ4v) is 2.77. The molecule has 0 atom stereocenters. The molecule has 3 nitrogen and oxygen atoms in total. The summed E-state index contributed by atoms with van der Waals surface area (Å²) in [4.78, 5) is 14.1. The first-order chi connectivity index (χ1) is 10.1. The lowest BCUT2D eigenvalue weighted by molar-refractivity contribution is -0.116. The van der Waals surface area contributed by atoms with Crippen LogP contribution in [0.15, 0.2) is 53.0 Å². The molecule has 2 rings (SSSR count). The fraction of sp³-hybridized carbons (Fsp3) is 0.235. The largest absolute Gasteiger partial charge is 0.375 e. The molecule has 21 heavy (non-hydrogen) atoms. The molecule has 0 unspecified atom stereocenters. The molecule has 0 bridgehead atoms. The lowest BCUT2D eigenvalue weighted by Gasteiger charge is -2.21. The quantitative estimate of drug-likeness (QED) is 0.878. The topological polar surface area (TPSA) is 32.3 Å². The Morgan fingerprint density at radius 2 is 1.90 bits per heavy atom. The number of para-hydroxylation sites is 1. The summed E-state index contributed by atoms with van der Waals surface area (Å²) >= 11 is 3.51. The Morgan fingerprint density at radius 3 is 2.52 bits per heavy atom. The molecular weight excluding hydrogens is 328 g/mol. The number of amides is 1. The number of nitrogens with zero attached hydrogens (tertiary/aromatic N) is 1. The molecule has 110 valence electrons. The summed E-state index contributed by atoms with van der Waals surface area (Å²) in [7, 11) is 0. The summed E-state index contributed by atoms with van der Waals surface area (Å²) < 4.78 is 0.970. The lowest BCUT2D eigenvalue weighted by Crippen LogP contribution is -2.35. The number of carbonyl (C=O) groups excluding carboxylic acids is 1. The van der Waals surface area contributed by atoms with Gasteiger partial charge in [-0.15, -0.1) is 0 Å². The van der Waals surface area contributed by atoms with Crippen LogP contribution in [0.2, 0.25) is 0 Å². The van der Waals surface area contributed by atoms with Gasteiger partial charge in [0.15, 0.2) is 0 Å². The van der Waals surface area contributed by atoms with E-state index in [1.807, 2.05) is 62.4 Å². The first-order valence-electron chi connectivity index (χ1n) is 6.97. The van der Waals surface area contributed by atoms with Gasteiger partial charge < -0.3 is 10.2 Å². The van der Waals surface area contributed by atoms with Crippen molar-refractivity contribution in [1.82, 2.24) is 0 Å². The van der Waals surface area contributed by atoms with Crippen LogP contribution in [-0.4, -0.2) is 19.0 Å². The number of carbonyl (C=O) groups is 1. The van der Waals surface area contributed by atoms with Crippen LogP contribution in [0, 0.1) is 6.92 Å². The number of halogens is 1. The van der Waals surface area contributed by atoms with Gasteiger partial charge in [-0.3, -0.25) is 4.79 Å². The summed E-state index contributed by atoms with van der Waals surface area (Å²) in [6.07, 6.45) is 0. The number of benzene rings is 2. The summed E-state index contributed by atoms with van der Waals surface area (Å²) in [5.41, 5.74) is 3.03. The highest BCUT2D eigenvalue weighted by Crippen LogP contribution is 2.23. The Kier molecular flexibility index (Phi) is 5.39. The third-order valence-corrected chi connectivity index (χ3v) is 3.90. The molecule has 0 aromatic heterocycles. The first kappa shape index (κ1) is 15.6. The second-order valence-corrected chi connectivity index (χ2v) is 5.66. The lowest BCUT2D eigenvalue weighted by atomic mass is 10.2. The van der Waals surface area contributed by atoms with Crippen LogP contribution in [0.4, 0.5) is 11.4 Å². The van der Waals surface area contributed by atoms with Gasteiger partial charge in [0.2, 0.25) is 5.91 Å². The van der Waals surface area contributed by atoms with E-state index in [9.17, 15) is 4.79 Å². The minimum Gasteiger partial charge on any atom is -0.375 e. The molecule has 2 aromatic rings.